The van der Waals surface area contributed by atoms with E-state index in [1.807, 2.05) is 41.5 Å². The van der Waals surface area contributed by atoms with E-state index < -0.39 is 64.1 Å². The Labute approximate surface area is 450 Å². The van der Waals surface area contributed by atoms with Crippen molar-refractivity contribution in [2.24, 2.45) is 27.7 Å². The monoisotopic (exact) mass is 1060 g/mol. The average molecular weight is 1060 g/mol. The second-order valence-electron chi connectivity index (χ2n) is 25.6. The van der Waals surface area contributed by atoms with Crippen molar-refractivity contribution in [2.75, 3.05) is 0 Å². The summed E-state index contributed by atoms with van der Waals surface area (Å²) < 4.78 is 10.3. The van der Waals surface area contributed by atoms with Crippen molar-refractivity contribution in [1.82, 2.24) is 21.3 Å². The van der Waals surface area contributed by atoms with Gasteiger partial charge in [-0.2, -0.15) is 15.8 Å². The molecule has 9 N–H and O–H groups in total. The molecule has 4 aliphatic rings. The molecule has 18 nitrogen and oxygen atoms in total. The third-order valence-corrected chi connectivity index (χ3v) is 11.7. The number of nitrogens with two attached hydrogens (primary N) is 2. The van der Waals surface area contributed by atoms with Gasteiger partial charge in [-0.05, 0) is 154 Å². The van der Waals surface area contributed by atoms with Crippen LogP contribution in [0.4, 0.5) is 9.59 Å². The van der Waals surface area contributed by atoms with Gasteiger partial charge in [-0.1, -0.05) is 75.2 Å². The van der Waals surface area contributed by atoms with E-state index in [0.29, 0.717) is 37.9 Å². The highest BCUT2D eigenvalue weighted by Gasteiger charge is 2.40. The zero-order chi connectivity index (χ0) is 56.0. The predicted molar refractivity (Wildman–Crippen MR) is 294 cm³/mol. The zero-order valence-electron chi connectivity index (χ0n) is 47.3. The number of ketones is 1. The molecule has 73 heavy (non-hydrogen) atoms. The van der Waals surface area contributed by atoms with Gasteiger partial charge in [0.05, 0.1) is 24.2 Å². The van der Waals surface area contributed by atoms with Gasteiger partial charge in [0.1, 0.15) is 45.7 Å². The smallest absolute Gasteiger partial charge is 0.408 e. The lowest BCUT2D eigenvalue weighted by Gasteiger charge is -2.30. The van der Waals surface area contributed by atoms with Crippen LogP contribution in [0.15, 0.2) is 0 Å². The number of nitrogens with zero attached hydrogens (tertiary/aromatic N) is 3. The Hall–Kier alpha value is -4.70. The highest BCUT2D eigenvalue weighted by atomic mass is 35.5. The van der Waals surface area contributed by atoms with Crippen molar-refractivity contribution in [3.05, 3.63) is 0 Å². The molecule has 0 bridgehead atoms. The van der Waals surface area contributed by atoms with Crippen molar-refractivity contribution < 1.29 is 49.1 Å². The third-order valence-electron chi connectivity index (χ3n) is 11.7. The summed E-state index contributed by atoms with van der Waals surface area (Å²) in [6, 6.07) is 4.41. The summed E-state index contributed by atoms with van der Waals surface area (Å²) in [5.74, 6) is -1.11. The SMILES string of the molecule is CC(C)(C)C[C@H](N)C(=O)NC1(C#N)CCCC1.CC(C)(C)C[C@H](NC(=O)OC(C)(C)C)C(=O)NC1(C#N)CCCC1.CC(C)(C)C[C@H](NC(=O)OC(C)(C)C)C(=O)O.Cl.N#CC1(N)CCCC1.O=C1CCCC1.[HH].[HH].[HH].[HH]. The van der Waals surface area contributed by atoms with Gasteiger partial charge in [0, 0.05) is 18.5 Å². The Morgan fingerprint density at radius 1 is 0.575 bits per heavy atom. The van der Waals surface area contributed by atoms with E-state index in [9.17, 15) is 39.3 Å². The molecule has 0 radical (unpaired) electrons. The summed E-state index contributed by atoms with van der Waals surface area (Å²) in [5, 5.41) is 46.8. The second kappa shape index (κ2) is 30.6. The molecule has 4 saturated carbocycles. The van der Waals surface area contributed by atoms with Crippen molar-refractivity contribution in [3.63, 3.8) is 0 Å². The van der Waals surface area contributed by atoms with Crippen LogP contribution in [-0.4, -0.2) is 86.8 Å². The maximum absolute atomic E-state index is 12.7. The molecule has 0 aromatic carbocycles. The number of carboxylic acids is 1. The van der Waals surface area contributed by atoms with Crippen LogP contribution in [0.3, 0.4) is 0 Å². The summed E-state index contributed by atoms with van der Waals surface area (Å²) in [6.07, 6.45) is 14.8. The molecule has 0 heterocycles. The number of aliphatic carboxylic acids is 1. The predicted octanol–water partition coefficient (Wildman–Crippen LogP) is 10.7. The molecule has 426 valence electrons. The third kappa shape index (κ3) is 33.0. The molecule has 0 unspecified atom stereocenters. The maximum atomic E-state index is 12.7. The largest absolute Gasteiger partial charge is 0.480 e. The fourth-order valence-corrected chi connectivity index (χ4v) is 8.31. The molecule has 0 aliphatic heterocycles. The molecule has 0 saturated heterocycles. The Balaban J connectivity index is -0.000000214. The fourth-order valence-electron chi connectivity index (χ4n) is 8.31. The van der Waals surface area contributed by atoms with Gasteiger partial charge in [-0.25, -0.2) is 14.4 Å². The highest BCUT2D eigenvalue weighted by molar-refractivity contribution is 5.87. The lowest BCUT2D eigenvalue weighted by atomic mass is 9.87. The van der Waals surface area contributed by atoms with Crippen LogP contribution in [0.1, 0.15) is 232 Å². The standard InChI is InChI=1S/C18H31N3O3.C13H23N3O.C12H23NO4.C6H10N2.C5H8O.ClH.4H2/c1-16(2,3)11-13(20-15(23)24-17(4,5)6)14(22)21-18(12-19)9-7-8-10-18;1-12(2,3)8-10(15)11(17)16-13(9-14)6-4-5-7-13;1-11(2,3)7-8(9(14)15)13-10(16)17-12(4,5)6;7-5-6(8)3-1-2-4-6;6-5-3-1-2-4-5;;;;;/h13H,7-11H2,1-6H3,(H,20,23)(H,21,22);10H,4-8,15H2,1-3H3,(H,16,17);8H,7H2,1-6H3,(H,13,16)(H,14,15);1-4,8H2;1-4H2;5*1H/t13-;10-;8-;;;;;;;/m000......./s1. The maximum Gasteiger partial charge on any atom is 0.408 e. The number of carbonyl (C=O) groups is 6. The lowest BCUT2D eigenvalue weighted by molar-refractivity contribution is -0.140. The highest BCUT2D eigenvalue weighted by Crippen LogP contribution is 2.31. The molecular weight excluding hydrogens is 954 g/mol. The number of hydrogen-bond donors (Lipinski definition) is 7. The molecule has 4 fully saturated rings. The number of ether oxygens (including phenoxy) is 2. The van der Waals surface area contributed by atoms with Gasteiger partial charge in [0.2, 0.25) is 11.8 Å². The van der Waals surface area contributed by atoms with Gasteiger partial charge in [0.15, 0.2) is 0 Å². The first-order valence-electron chi connectivity index (χ1n) is 25.9. The molecular formula is C54H104ClN9O9. The topological polar surface area (TPSA) is 313 Å². The van der Waals surface area contributed by atoms with E-state index in [1.165, 1.54) is 0 Å². The van der Waals surface area contributed by atoms with Crippen molar-refractivity contribution in [2.45, 2.75) is 272 Å². The molecule has 4 aliphatic carbocycles. The van der Waals surface area contributed by atoms with E-state index in [4.69, 9.17) is 31.3 Å². The first kappa shape index (κ1) is 70.4. The average Bonchev–Trinajstić information content (AvgIpc) is 4.06. The number of halogens is 1. The zero-order valence-corrected chi connectivity index (χ0v) is 48.1. The summed E-state index contributed by atoms with van der Waals surface area (Å²) >= 11 is 0. The molecule has 4 rings (SSSR count). The molecule has 0 aromatic rings. The molecule has 4 amide bonds. The molecule has 0 spiro atoms. The number of Topliss-reactive ketones (excluding diaryl/α,β-unsaturated/α-hetero) is 1. The first-order valence-corrected chi connectivity index (χ1v) is 25.9. The van der Waals surface area contributed by atoms with Gasteiger partial charge < -0.3 is 47.3 Å². The quantitative estimate of drug-likeness (QED) is 0.107. The van der Waals surface area contributed by atoms with Crippen LogP contribution in [0.25, 0.3) is 0 Å². The van der Waals surface area contributed by atoms with Crippen LogP contribution in [0.2, 0.25) is 0 Å². The summed E-state index contributed by atoms with van der Waals surface area (Å²) in [5.41, 5.74) is 7.96. The Morgan fingerprint density at radius 3 is 1.18 bits per heavy atom. The second-order valence-corrected chi connectivity index (χ2v) is 25.6. The van der Waals surface area contributed by atoms with Crippen LogP contribution in [0, 0.1) is 50.2 Å². The summed E-state index contributed by atoms with van der Waals surface area (Å²) in [4.78, 5) is 69.4. The minimum Gasteiger partial charge on any atom is -0.480 e. The Morgan fingerprint density at radius 2 is 0.904 bits per heavy atom. The number of alkyl carbamates (subject to hydrolysis) is 2. The number of rotatable bonds is 10. The normalized spacial score (nSPS) is 18.7. The fraction of sp³-hybridized carbons (Fsp3) is 0.833. The number of carboxylic acid groups (broad SMARTS) is 1. The number of nitrogens with one attached hydrogen (secondary N) is 4. The van der Waals surface area contributed by atoms with Crippen molar-refractivity contribution in [1.29, 1.82) is 15.8 Å². The van der Waals surface area contributed by atoms with Gasteiger partial charge in [0.25, 0.3) is 0 Å². The lowest BCUT2D eigenvalue weighted by Crippen LogP contribution is -2.55. The van der Waals surface area contributed by atoms with E-state index in [0.717, 1.165) is 89.9 Å². The van der Waals surface area contributed by atoms with Gasteiger partial charge >= 0.3 is 18.2 Å². The van der Waals surface area contributed by atoms with Crippen LogP contribution in [-0.2, 0) is 28.7 Å². The van der Waals surface area contributed by atoms with Crippen LogP contribution < -0.4 is 32.7 Å². The summed E-state index contributed by atoms with van der Waals surface area (Å²) in [7, 11) is 0. The molecule has 19 heteroatoms. The van der Waals surface area contributed by atoms with E-state index in [1.54, 1.807) is 41.5 Å². The van der Waals surface area contributed by atoms with Gasteiger partial charge in [-0.3, -0.25) is 14.4 Å². The molecule has 3 atom stereocenters. The number of hydrogen-bond acceptors (Lipinski definition) is 13. The Bertz CT molecular complexity index is 1900. The van der Waals surface area contributed by atoms with E-state index in [-0.39, 0.29) is 46.2 Å². The number of carbonyl (C=O) groups excluding carboxylic acids is 5. The van der Waals surface area contributed by atoms with Crippen molar-refractivity contribution >= 4 is 48.2 Å². The van der Waals surface area contributed by atoms with E-state index in [2.05, 4.69) is 60.2 Å². The Kier molecular flexibility index (Phi) is 29.5. The minimum absolute atomic E-state index is 0. The number of amides is 4. The van der Waals surface area contributed by atoms with Crippen LogP contribution >= 0.6 is 12.4 Å². The first-order chi connectivity index (χ1) is 32.7. The minimum atomic E-state index is -1.05. The van der Waals surface area contributed by atoms with Crippen LogP contribution in [0.5, 0.6) is 0 Å². The number of nitriles is 3. The van der Waals surface area contributed by atoms with E-state index >= 15 is 0 Å². The van der Waals surface area contributed by atoms with Crippen molar-refractivity contribution in [3.8, 4) is 18.2 Å². The summed E-state index contributed by atoms with van der Waals surface area (Å²) in [6.45, 7) is 28.4. The van der Waals surface area contributed by atoms with Gasteiger partial charge in [-0.15, -0.1) is 12.4 Å². The molecule has 0 aromatic heterocycles.